The number of aliphatic carboxylic acids is 1. The lowest BCUT2D eigenvalue weighted by Crippen LogP contribution is -2.49. The van der Waals surface area contributed by atoms with E-state index < -0.39 is 5.97 Å². The first-order chi connectivity index (χ1) is 8.92. The first-order valence-corrected chi connectivity index (χ1v) is 7.16. The van der Waals surface area contributed by atoms with Gasteiger partial charge in [0.15, 0.2) is 0 Å². The minimum atomic E-state index is -0.859. The lowest BCUT2D eigenvalue weighted by Gasteiger charge is -2.33. The molecule has 0 saturated carbocycles. The van der Waals surface area contributed by atoms with E-state index in [0.717, 1.165) is 19.4 Å². The molecular formula is C14H26N2O3. The molecule has 3 N–H and O–H groups in total. The zero-order valence-electron chi connectivity index (χ0n) is 12.2. The molecule has 1 amide bonds. The Labute approximate surface area is 115 Å². The van der Waals surface area contributed by atoms with Gasteiger partial charge in [-0.3, -0.25) is 9.59 Å². The van der Waals surface area contributed by atoms with Crippen LogP contribution in [0.25, 0.3) is 0 Å². The molecule has 0 aliphatic carbocycles. The molecule has 19 heavy (non-hydrogen) atoms. The highest BCUT2D eigenvalue weighted by molar-refractivity contribution is 5.84. The summed E-state index contributed by atoms with van der Waals surface area (Å²) < 4.78 is 0. The van der Waals surface area contributed by atoms with Gasteiger partial charge in [-0.15, -0.1) is 0 Å². The average Bonchev–Trinajstić information content (AvgIpc) is 2.78. The Morgan fingerprint density at radius 1 is 1.42 bits per heavy atom. The van der Waals surface area contributed by atoms with Crippen molar-refractivity contribution in [1.29, 1.82) is 0 Å². The van der Waals surface area contributed by atoms with Crippen LogP contribution in [0.5, 0.6) is 0 Å². The van der Waals surface area contributed by atoms with E-state index in [0.29, 0.717) is 13.0 Å². The zero-order chi connectivity index (χ0) is 14.5. The van der Waals surface area contributed by atoms with E-state index in [1.807, 2.05) is 6.92 Å². The van der Waals surface area contributed by atoms with Crippen molar-refractivity contribution < 1.29 is 14.7 Å². The van der Waals surface area contributed by atoms with Crippen molar-refractivity contribution in [2.24, 2.45) is 11.3 Å². The summed E-state index contributed by atoms with van der Waals surface area (Å²) in [5.41, 5.74) is -0.384. The van der Waals surface area contributed by atoms with Gasteiger partial charge >= 0.3 is 5.97 Å². The number of carboxylic acids is 1. The molecule has 5 nitrogen and oxygen atoms in total. The molecule has 1 aliphatic heterocycles. The Balaban J connectivity index is 2.71. The number of carbonyl (C=O) groups excluding carboxylic acids is 1. The standard InChI is InChI=1S/C14H26N2O3/c1-4-5-11(8-12(17)18)16-13(19)14(10(2)3)6-7-15-9-14/h10-11,15H,4-9H2,1-3H3,(H,16,19)(H,17,18). The van der Waals surface area contributed by atoms with Gasteiger partial charge in [-0.05, 0) is 25.3 Å². The number of amides is 1. The summed E-state index contributed by atoms with van der Waals surface area (Å²) in [6, 6.07) is -0.258. The van der Waals surface area contributed by atoms with Crippen LogP contribution in [-0.4, -0.2) is 36.1 Å². The van der Waals surface area contributed by atoms with E-state index in [9.17, 15) is 9.59 Å². The minimum absolute atomic E-state index is 0.00117. The predicted molar refractivity (Wildman–Crippen MR) is 73.8 cm³/mol. The maximum absolute atomic E-state index is 12.5. The maximum Gasteiger partial charge on any atom is 0.305 e. The van der Waals surface area contributed by atoms with Crippen LogP contribution in [0.2, 0.25) is 0 Å². The third-order valence-electron chi connectivity index (χ3n) is 4.14. The molecule has 0 bridgehead atoms. The van der Waals surface area contributed by atoms with E-state index >= 15 is 0 Å². The fourth-order valence-electron chi connectivity index (χ4n) is 2.77. The number of rotatable bonds is 7. The number of carboxylic acid groups (broad SMARTS) is 1. The Kier molecular flexibility index (Phi) is 5.79. The van der Waals surface area contributed by atoms with Crippen LogP contribution in [0.1, 0.15) is 46.5 Å². The van der Waals surface area contributed by atoms with Crippen molar-refractivity contribution in [1.82, 2.24) is 10.6 Å². The molecule has 0 aromatic rings. The van der Waals surface area contributed by atoms with Crippen LogP contribution < -0.4 is 10.6 Å². The number of carbonyl (C=O) groups is 2. The third kappa shape index (κ3) is 3.93. The normalized spacial score (nSPS) is 24.4. The van der Waals surface area contributed by atoms with Gasteiger partial charge in [-0.25, -0.2) is 0 Å². The monoisotopic (exact) mass is 270 g/mol. The van der Waals surface area contributed by atoms with Crippen molar-refractivity contribution in [2.75, 3.05) is 13.1 Å². The largest absolute Gasteiger partial charge is 0.481 e. The highest BCUT2D eigenvalue weighted by atomic mass is 16.4. The van der Waals surface area contributed by atoms with Crippen molar-refractivity contribution in [3.63, 3.8) is 0 Å². The van der Waals surface area contributed by atoms with E-state index in [2.05, 4.69) is 24.5 Å². The highest BCUT2D eigenvalue weighted by Gasteiger charge is 2.44. The van der Waals surface area contributed by atoms with Crippen molar-refractivity contribution in [3.05, 3.63) is 0 Å². The van der Waals surface area contributed by atoms with Gasteiger partial charge < -0.3 is 15.7 Å². The van der Waals surface area contributed by atoms with Gasteiger partial charge in [-0.2, -0.15) is 0 Å². The summed E-state index contributed by atoms with van der Waals surface area (Å²) in [6.45, 7) is 7.64. The van der Waals surface area contributed by atoms with Crippen molar-refractivity contribution in [2.45, 2.75) is 52.5 Å². The SMILES string of the molecule is CCCC(CC(=O)O)NC(=O)C1(C(C)C)CCNC1. The van der Waals surface area contributed by atoms with Crippen molar-refractivity contribution in [3.8, 4) is 0 Å². The van der Waals surface area contributed by atoms with Crippen molar-refractivity contribution >= 4 is 11.9 Å². The molecule has 0 spiro atoms. The summed E-state index contributed by atoms with van der Waals surface area (Å²) in [7, 11) is 0. The van der Waals surface area contributed by atoms with E-state index in [1.54, 1.807) is 0 Å². The number of nitrogens with one attached hydrogen (secondary N) is 2. The summed E-state index contributed by atoms with van der Waals surface area (Å²) in [4.78, 5) is 23.4. The molecule has 0 aromatic carbocycles. The Morgan fingerprint density at radius 3 is 2.53 bits per heavy atom. The molecule has 1 fully saturated rings. The molecule has 1 aliphatic rings. The Hall–Kier alpha value is -1.10. The molecule has 1 saturated heterocycles. The smallest absolute Gasteiger partial charge is 0.305 e. The molecule has 2 unspecified atom stereocenters. The lowest BCUT2D eigenvalue weighted by molar-refractivity contribution is -0.138. The quantitative estimate of drug-likeness (QED) is 0.653. The topological polar surface area (TPSA) is 78.4 Å². The molecule has 2 atom stereocenters. The lowest BCUT2D eigenvalue weighted by atomic mass is 9.75. The van der Waals surface area contributed by atoms with Crippen LogP contribution >= 0.6 is 0 Å². The fraction of sp³-hybridized carbons (Fsp3) is 0.857. The summed E-state index contributed by atoms with van der Waals surface area (Å²) in [5, 5.41) is 15.1. The van der Waals surface area contributed by atoms with Gasteiger partial charge in [0, 0.05) is 12.6 Å². The minimum Gasteiger partial charge on any atom is -0.481 e. The molecule has 0 radical (unpaired) electrons. The van der Waals surface area contributed by atoms with Gasteiger partial charge in [-0.1, -0.05) is 27.2 Å². The summed E-state index contributed by atoms with van der Waals surface area (Å²) in [6.07, 6.45) is 2.40. The van der Waals surface area contributed by atoms with Gasteiger partial charge in [0.2, 0.25) is 5.91 Å². The summed E-state index contributed by atoms with van der Waals surface area (Å²) >= 11 is 0. The molecule has 110 valence electrons. The second-order valence-electron chi connectivity index (χ2n) is 5.79. The molecular weight excluding hydrogens is 244 g/mol. The van der Waals surface area contributed by atoms with Gasteiger partial charge in [0.1, 0.15) is 0 Å². The first-order valence-electron chi connectivity index (χ1n) is 7.16. The Morgan fingerprint density at radius 2 is 2.11 bits per heavy atom. The molecule has 0 aromatic heterocycles. The average molecular weight is 270 g/mol. The van der Waals surface area contributed by atoms with E-state index in [-0.39, 0.29) is 29.7 Å². The van der Waals surface area contributed by atoms with Crippen LogP contribution in [0, 0.1) is 11.3 Å². The predicted octanol–water partition coefficient (Wildman–Crippen LogP) is 1.38. The van der Waals surface area contributed by atoms with Gasteiger partial charge in [0.25, 0.3) is 0 Å². The van der Waals surface area contributed by atoms with E-state index in [4.69, 9.17) is 5.11 Å². The van der Waals surface area contributed by atoms with Crippen LogP contribution in [-0.2, 0) is 9.59 Å². The van der Waals surface area contributed by atoms with Crippen LogP contribution in [0.3, 0.4) is 0 Å². The fourth-order valence-corrected chi connectivity index (χ4v) is 2.77. The van der Waals surface area contributed by atoms with Crippen LogP contribution in [0.4, 0.5) is 0 Å². The van der Waals surface area contributed by atoms with Crippen LogP contribution in [0.15, 0.2) is 0 Å². The number of hydrogen-bond acceptors (Lipinski definition) is 3. The first kappa shape index (κ1) is 16.0. The Bertz CT molecular complexity index is 323. The zero-order valence-corrected chi connectivity index (χ0v) is 12.2. The summed E-state index contributed by atoms with van der Waals surface area (Å²) in [5.74, 6) is -0.608. The molecule has 1 heterocycles. The molecule has 5 heteroatoms. The van der Waals surface area contributed by atoms with Gasteiger partial charge in [0.05, 0.1) is 11.8 Å². The maximum atomic E-state index is 12.5. The highest BCUT2D eigenvalue weighted by Crippen LogP contribution is 2.34. The molecule has 1 rings (SSSR count). The second kappa shape index (κ2) is 6.89. The van der Waals surface area contributed by atoms with E-state index in [1.165, 1.54) is 0 Å². The second-order valence-corrected chi connectivity index (χ2v) is 5.79. The third-order valence-corrected chi connectivity index (χ3v) is 4.14. The number of hydrogen-bond donors (Lipinski definition) is 3.